The van der Waals surface area contributed by atoms with E-state index < -0.39 is 0 Å². The minimum Gasteiger partial charge on any atom is -0.381 e. The molecule has 2 unspecified atom stereocenters. The Labute approximate surface area is 115 Å². The van der Waals surface area contributed by atoms with Crippen molar-refractivity contribution in [2.45, 2.75) is 22.7 Å². The summed E-state index contributed by atoms with van der Waals surface area (Å²) < 4.78 is 5.62. The molecule has 0 N–H and O–H groups in total. The quantitative estimate of drug-likeness (QED) is 0.627. The first-order valence-corrected chi connectivity index (χ1v) is 7.53. The van der Waals surface area contributed by atoms with Gasteiger partial charge >= 0.3 is 0 Å². The maximum atomic E-state index is 11.1. The van der Waals surface area contributed by atoms with Gasteiger partial charge < -0.3 is 4.74 Å². The van der Waals surface area contributed by atoms with E-state index in [4.69, 9.17) is 4.74 Å². The molecule has 6 atom stereocenters. The van der Waals surface area contributed by atoms with Crippen molar-refractivity contribution in [3.8, 4) is 0 Å². The van der Waals surface area contributed by atoms with Gasteiger partial charge in [-0.3, -0.25) is 10.1 Å². The van der Waals surface area contributed by atoms with E-state index in [2.05, 4.69) is 0 Å². The fourth-order valence-corrected chi connectivity index (χ4v) is 6.06. The van der Waals surface area contributed by atoms with Crippen LogP contribution >= 0.6 is 11.8 Å². The van der Waals surface area contributed by atoms with Crippen molar-refractivity contribution >= 4 is 17.4 Å². The van der Waals surface area contributed by atoms with Gasteiger partial charge in [0, 0.05) is 18.4 Å². The molecular weight excluding hydrogens is 262 g/mol. The SMILES string of the molecule is CO[C@H]1C2C3[C@@H]2C[C@@H]1[C@@H]3Sc1ccccc1[N+](=O)[O-]. The third kappa shape index (κ3) is 1.51. The summed E-state index contributed by atoms with van der Waals surface area (Å²) in [5.74, 6) is 2.89. The number of hydrogen-bond acceptors (Lipinski definition) is 4. The topological polar surface area (TPSA) is 52.4 Å². The van der Waals surface area contributed by atoms with Crippen LogP contribution in [0.25, 0.3) is 0 Å². The minimum absolute atomic E-state index is 0.239. The Morgan fingerprint density at radius 3 is 2.74 bits per heavy atom. The number of para-hydroxylation sites is 1. The largest absolute Gasteiger partial charge is 0.381 e. The molecule has 0 amide bonds. The Hall–Kier alpha value is -1.07. The molecule has 100 valence electrons. The lowest BCUT2D eigenvalue weighted by molar-refractivity contribution is -0.387. The highest BCUT2D eigenvalue weighted by Crippen LogP contribution is 2.74. The number of thioether (sulfide) groups is 1. The Kier molecular flexibility index (Phi) is 2.45. The summed E-state index contributed by atoms with van der Waals surface area (Å²) in [5, 5.41) is 11.6. The van der Waals surface area contributed by atoms with E-state index in [9.17, 15) is 10.1 Å². The zero-order chi connectivity index (χ0) is 13.1. The number of nitrogens with zero attached hydrogens (tertiary/aromatic N) is 1. The highest BCUT2D eigenvalue weighted by atomic mass is 32.2. The molecule has 19 heavy (non-hydrogen) atoms. The van der Waals surface area contributed by atoms with Gasteiger partial charge in [0.1, 0.15) is 0 Å². The molecule has 4 nitrogen and oxygen atoms in total. The lowest BCUT2D eigenvalue weighted by Crippen LogP contribution is -2.20. The normalized spacial score (nSPS) is 41.5. The summed E-state index contributed by atoms with van der Waals surface area (Å²) in [6, 6.07) is 7.08. The number of rotatable bonds is 4. The van der Waals surface area contributed by atoms with Crippen LogP contribution in [0.4, 0.5) is 5.69 Å². The van der Waals surface area contributed by atoms with Gasteiger partial charge in [-0.25, -0.2) is 0 Å². The van der Waals surface area contributed by atoms with Crippen molar-refractivity contribution in [1.29, 1.82) is 0 Å². The molecule has 4 saturated carbocycles. The lowest BCUT2D eigenvalue weighted by Gasteiger charge is -2.18. The summed E-state index contributed by atoms with van der Waals surface area (Å²) in [4.78, 5) is 11.6. The number of methoxy groups -OCH3 is 1. The van der Waals surface area contributed by atoms with Crippen molar-refractivity contribution in [3.63, 3.8) is 0 Å². The van der Waals surface area contributed by atoms with Gasteiger partial charge in [0.15, 0.2) is 0 Å². The van der Waals surface area contributed by atoms with Crippen LogP contribution in [0.5, 0.6) is 0 Å². The predicted octanol–water partition coefficient (Wildman–Crippen LogP) is 2.97. The first kappa shape index (κ1) is 11.7. The van der Waals surface area contributed by atoms with Gasteiger partial charge in [-0.1, -0.05) is 12.1 Å². The fourth-order valence-electron chi connectivity index (χ4n) is 4.36. The molecule has 0 aliphatic heterocycles. The number of hydrogen-bond donors (Lipinski definition) is 0. The van der Waals surface area contributed by atoms with Gasteiger partial charge in [-0.15, -0.1) is 11.8 Å². The predicted molar refractivity (Wildman–Crippen MR) is 72.1 cm³/mol. The van der Waals surface area contributed by atoms with E-state index in [1.807, 2.05) is 12.1 Å². The molecule has 1 aromatic rings. The number of ether oxygens (including phenoxy) is 1. The first-order valence-electron chi connectivity index (χ1n) is 6.65. The zero-order valence-corrected chi connectivity index (χ0v) is 11.4. The second-order valence-electron chi connectivity index (χ2n) is 5.73. The van der Waals surface area contributed by atoms with Crippen molar-refractivity contribution in [1.82, 2.24) is 0 Å². The lowest BCUT2D eigenvalue weighted by atomic mass is 10.1. The van der Waals surface area contributed by atoms with Crippen LogP contribution < -0.4 is 0 Å². The molecule has 4 bridgehead atoms. The number of nitro groups is 1. The van der Waals surface area contributed by atoms with E-state index in [-0.39, 0.29) is 10.6 Å². The van der Waals surface area contributed by atoms with E-state index in [1.54, 1.807) is 31.0 Å². The molecule has 0 heterocycles. The maximum Gasteiger partial charge on any atom is 0.282 e. The standard InChI is InChI=1S/C14H15NO3S/c1-18-13-8-6-7-11(13)12(7)14(8)19-10-5-3-2-4-9(10)15(16)17/h2-5,7-8,11-14H,6H2,1H3/t7-,8+,11?,12?,13-,14+/m1/s1. The van der Waals surface area contributed by atoms with E-state index in [1.165, 1.54) is 6.42 Å². The van der Waals surface area contributed by atoms with Gasteiger partial charge in [-0.05, 0) is 36.2 Å². The number of nitro benzene ring substituents is 1. The summed E-state index contributed by atoms with van der Waals surface area (Å²) in [7, 11) is 1.80. The van der Waals surface area contributed by atoms with Gasteiger partial charge in [0.05, 0.1) is 15.9 Å². The fraction of sp³-hybridized carbons (Fsp3) is 0.571. The molecule has 4 fully saturated rings. The Balaban J connectivity index is 1.59. The Morgan fingerprint density at radius 2 is 2.11 bits per heavy atom. The van der Waals surface area contributed by atoms with Crippen molar-refractivity contribution in [3.05, 3.63) is 34.4 Å². The Bertz CT molecular complexity index is 549. The van der Waals surface area contributed by atoms with E-state index in [0.717, 1.165) is 22.6 Å². The molecule has 4 aliphatic carbocycles. The van der Waals surface area contributed by atoms with E-state index in [0.29, 0.717) is 17.3 Å². The van der Waals surface area contributed by atoms with Crippen molar-refractivity contribution < 1.29 is 9.66 Å². The summed E-state index contributed by atoms with van der Waals surface area (Å²) >= 11 is 1.70. The molecular formula is C14H15NO3S. The first-order chi connectivity index (χ1) is 9.22. The third-order valence-corrected chi connectivity index (χ3v) is 6.57. The van der Waals surface area contributed by atoms with Crippen LogP contribution in [0.2, 0.25) is 0 Å². The van der Waals surface area contributed by atoms with Crippen molar-refractivity contribution in [2.75, 3.05) is 7.11 Å². The molecule has 0 radical (unpaired) electrons. The van der Waals surface area contributed by atoms with Crippen molar-refractivity contribution in [2.24, 2.45) is 23.7 Å². The van der Waals surface area contributed by atoms with Crippen LogP contribution in [-0.2, 0) is 4.74 Å². The smallest absolute Gasteiger partial charge is 0.282 e. The van der Waals surface area contributed by atoms with Gasteiger partial charge in [0.2, 0.25) is 0 Å². The molecule has 1 aromatic carbocycles. The third-order valence-electron chi connectivity index (χ3n) is 5.04. The average Bonchev–Trinajstić information content (AvgIpc) is 2.72. The van der Waals surface area contributed by atoms with Crippen LogP contribution in [0, 0.1) is 33.8 Å². The molecule has 4 aliphatic rings. The second-order valence-corrected chi connectivity index (χ2v) is 6.95. The van der Waals surface area contributed by atoms with E-state index >= 15 is 0 Å². The summed E-state index contributed by atoms with van der Waals surface area (Å²) in [5.41, 5.74) is 0.239. The molecule has 5 heteroatoms. The van der Waals surface area contributed by atoms with Gasteiger partial charge in [0.25, 0.3) is 5.69 Å². The molecule has 0 aromatic heterocycles. The van der Waals surface area contributed by atoms with Crippen LogP contribution in [0.3, 0.4) is 0 Å². The molecule has 0 spiro atoms. The average molecular weight is 277 g/mol. The summed E-state index contributed by atoms with van der Waals surface area (Å²) in [6.07, 6.45) is 1.65. The highest BCUT2D eigenvalue weighted by molar-refractivity contribution is 8.00. The van der Waals surface area contributed by atoms with Gasteiger partial charge in [-0.2, -0.15) is 0 Å². The van der Waals surface area contributed by atoms with Crippen LogP contribution in [0.1, 0.15) is 6.42 Å². The second kappa shape index (κ2) is 3.96. The van der Waals surface area contributed by atoms with Crippen LogP contribution in [-0.4, -0.2) is 23.4 Å². The Morgan fingerprint density at radius 1 is 1.32 bits per heavy atom. The zero-order valence-electron chi connectivity index (χ0n) is 10.6. The minimum atomic E-state index is -0.278. The molecule has 5 rings (SSSR count). The summed E-state index contributed by atoms with van der Waals surface area (Å²) in [6.45, 7) is 0. The highest BCUT2D eigenvalue weighted by Gasteiger charge is 2.74. The van der Waals surface area contributed by atoms with Crippen LogP contribution in [0.15, 0.2) is 29.2 Å². The number of benzene rings is 1. The maximum absolute atomic E-state index is 11.1. The monoisotopic (exact) mass is 277 g/mol. The molecule has 0 saturated heterocycles.